The fourth-order valence-corrected chi connectivity index (χ4v) is 6.69. The zero-order valence-corrected chi connectivity index (χ0v) is 23.0. The number of ether oxygens (including phenoxy) is 1. The highest BCUT2D eigenvalue weighted by atomic mass is 16.5. The molecule has 9 nitrogen and oxygen atoms in total. The van der Waals surface area contributed by atoms with E-state index in [2.05, 4.69) is 53.7 Å². The predicted molar refractivity (Wildman–Crippen MR) is 151 cm³/mol. The summed E-state index contributed by atoms with van der Waals surface area (Å²) >= 11 is 0. The van der Waals surface area contributed by atoms with Gasteiger partial charge >= 0.3 is 0 Å². The lowest BCUT2D eigenvalue weighted by Gasteiger charge is -2.47. The average molecular weight is 526 g/mol. The summed E-state index contributed by atoms with van der Waals surface area (Å²) in [6.45, 7) is 10.3. The predicted octanol–water partition coefficient (Wildman–Crippen LogP) is 3.51. The SMILES string of the molecule is C=CC(=O)N1CC2(CCN(c3c(OC[C@@H]4CCCN4C)ncc(-c4c(C)ccc5cnn(C)c45)c3C#N)C2)C1. The first-order valence-electron chi connectivity index (χ1n) is 13.7. The number of anilines is 1. The minimum Gasteiger partial charge on any atom is -0.474 e. The van der Waals surface area contributed by atoms with Crippen LogP contribution in [0, 0.1) is 23.7 Å². The zero-order chi connectivity index (χ0) is 27.3. The van der Waals surface area contributed by atoms with Crippen molar-refractivity contribution < 1.29 is 9.53 Å². The van der Waals surface area contributed by atoms with Crippen LogP contribution in [-0.4, -0.2) is 82.9 Å². The topological polar surface area (TPSA) is 90.5 Å². The van der Waals surface area contributed by atoms with Crippen molar-refractivity contribution in [3.8, 4) is 23.1 Å². The van der Waals surface area contributed by atoms with Crippen molar-refractivity contribution in [2.75, 3.05) is 51.3 Å². The van der Waals surface area contributed by atoms with E-state index in [0.717, 1.165) is 72.2 Å². The minimum atomic E-state index is -0.0232. The van der Waals surface area contributed by atoms with Crippen LogP contribution in [-0.2, 0) is 11.8 Å². The van der Waals surface area contributed by atoms with Crippen molar-refractivity contribution in [3.63, 3.8) is 0 Å². The molecule has 3 fully saturated rings. The molecule has 3 aliphatic heterocycles. The van der Waals surface area contributed by atoms with Gasteiger partial charge in [0.05, 0.1) is 17.3 Å². The van der Waals surface area contributed by atoms with Gasteiger partial charge in [-0.1, -0.05) is 18.7 Å². The number of likely N-dealkylation sites (tertiary alicyclic amines) is 2. The monoisotopic (exact) mass is 525 g/mol. The Balaban J connectivity index is 1.42. The highest BCUT2D eigenvalue weighted by molar-refractivity contribution is 5.98. The van der Waals surface area contributed by atoms with Crippen LogP contribution in [0.15, 0.2) is 37.2 Å². The number of fused-ring (bicyclic) bond motifs is 1. The molecular formula is C30H35N7O2. The molecule has 0 saturated carbocycles. The molecule has 0 aliphatic carbocycles. The number of benzene rings is 1. The molecule has 39 heavy (non-hydrogen) atoms. The van der Waals surface area contributed by atoms with E-state index in [0.29, 0.717) is 37.2 Å². The summed E-state index contributed by atoms with van der Waals surface area (Å²) in [6.07, 6.45) is 8.24. The molecule has 1 atom stereocenters. The molecule has 0 bridgehead atoms. The number of aryl methyl sites for hydroxylation is 2. The number of rotatable bonds is 6. The number of likely N-dealkylation sites (N-methyl/N-ethyl adjacent to an activating group) is 1. The number of carbonyl (C=O) groups excluding carboxylic acids is 1. The van der Waals surface area contributed by atoms with Crippen molar-refractivity contribution in [1.82, 2.24) is 24.6 Å². The molecule has 0 N–H and O–H groups in total. The lowest BCUT2D eigenvalue weighted by molar-refractivity contribution is -0.136. The Morgan fingerprint density at radius 1 is 1.26 bits per heavy atom. The molecule has 0 radical (unpaired) electrons. The van der Waals surface area contributed by atoms with Crippen LogP contribution in [0.2, 0.25) is 0 Å². The Hall–Kier alpha value is -3.90. The Kier molecular flexibility index (Phi) is 6.31. The molecule has 1 amide bonds. The summed E-state index contributed by atoms with van der Waals surface area (Å²) in [5.41, 5.74) is 5.17. The van der Waals surface area contributed by atoms with Gasteiger partial charge in [-0.25, -0.2) is 4.98 Å². The number of carbonyl (C=O) groups is 1. The third-order valence-electron chi connectivity index (χ3n) is 8.89. The van der Waals surface area contributed by atoms with Crippen molar-refractivity contribution in [1.29, 1.82) is 5.26 Å². The lowest BCUT2D eigenvalue weighted by atomic mass is 9.79. The van der Waals surface area contributed by atoms with E-state index >= 15 is 0 Å². The van der Waals surface area contributed by atoms with E-state index in [9.17, 15) is 10.1 Å². The Morgan fingerprint density at radius 2 is 2.08 bits per heavy atom. The van der Waals surface area contributed by atoms with E-state index in [-0.39, 0.29) is 11.3 Å². The second-order valence-corrected chi connectivity index (χ2v) is 11.4. The van der Waals surface area contributed by atoms with Gasteiger partial charge in [-0.2, -0.15) is 10.4 Å². The molecule has 202 valence electrons. The van der Waals surface area contributed by atoms with Gasteiger partial charge in [0.1, 0.15) is 18.4 Å². The minimum absolute atomic E-state index is 0.0162. The van der Waals surface area contributed by atoms with Crippen molar-refractivity contribution in [2.24, 2.45) is 12.5 Å². The molecule has 1 spiro atoms. The van der Waals surface area contributed by atoms with Gasteiger partial charge in [-0.05, 0) is 51.4 Å². The summed E-state index contributed by atoms with van der Waals surface area (Å²) < 4.78 is 8.28. The van der Waals surface area contributed by atoms with Gasteiger partial charge in [0.2, 0.25) is 11.8 Å². The normalized spacial score (nSPS) is 20.4. The first-order chi connectivity index (χ1) is 18.8. The number of nitriles is 1. The number of hydrogen-bond donors (Lipinski definition) is 0. The van der Waals surface area contributed by atoms with Crippen LogP contribution in [0.3, 0.4) is 0 Å². The van der Waals surface area contributed by atoms with Gasteiger partial charge in [0.25, 0.3) is 0 Å². The van der Waals surface area contributed by atoms with E-state index in [1.807, 2.05) is 22.8 Å². The average Bonchev–Trinajstić information content (AvgIpc) is 3.64. The molecule has 6 rings (SSSR count). The van der Waals surface area contributed by atoms with Crippen molar-refractivity contribution in [3.05, 3.63) is 48.3 Å². The first kappa shape index (κ1) is 25.4. The molecule has 9 heteroatoms. The quantitative estimate of drug-likeness (QED) is 0.455. The third kappa shape index (κ3) is 4.23. The van der Waals surface area contributed by atoms with E-state index in [1.165, 1.54) is 6.08 Å². The maximum Gasteiger partial charge on any atom is 0.245 e. The fourth-order valence-electron chi connectivity index (χ4n) is 6.69. The van der Waals surface area contributed by atoms with Crippen molar-refractivity contribution in [2.45, 2.75) is 32.2 Å². The third-order valence-corrected chi connectivity index (χ3v) is 8.89. The van der Waals surface area contributed by atoms with Crippen molar-refractivity contribution >= 4 is 22.5 Å². The van der Waals surface area contributed by atoms with E-state index < -0.39 is 0 Å². The number of hydrogen-bond acceptors (Lipinski definition) is 7. The van der Waals surface area contributed by atoms with Crippen LogP contribution in [0.25, 0.3) is 22.0 Å². The molecule has 3 aromatic rings. The smallest absolute Gasteiger partial charge is 0.245 e. The van der Waals surface area contributed by atoms with Gasteiger partial charge in [0, 0.05) is 67.4 Å². The molecular weight excluding hydrogens is 490 g/mol. The Morgan fingerprint density at radius 3 is 2.79 bits per heavy atom. The van der Waals surface area contributed by atoms with Crippen LogP contribution in [0.1, 0.15) is 30.4 Å². The number of nitrogens with zero attached hydrogens (tertiary/aromatic N) is 7. The van der Waals surface area contributed by atoms with Gasteiger partial charge in [-0.15, -0.1) is 0 Å². The zero-order valence-electron chi connectivity index (χ0n) is 23.0. The molecule has 2 aromatic heterocycles. The van der Waals surface area contributed by atoms with Gasteiger partial charge < -0.3 is 19.4 Å². The highest BCUT2D eigenvalue weighted by Crippen LogP contribution is 2.46. The fraction of sp³-hybridized carbons (Fsp3) is 0.467. The second-order valence-electron chi connectivity index (χ2n) is 11.4. The van der Waals surface area contributed by atoms with E-state index in [1.54, 1.807) is 6.20 Å². The summed E-state index contributed by atoms with van der Waals surface area (Å²) in [4.78, 5) is 23.4. The second kappa shape index (κ2) is 9.69. The first-order valence-corrected chi connectivity index (χ1v) is 13.7. The van der Waals surface area contributed by atoms with Crippen LogP contribution >= 0.6 is 0 Å². The largest absolute Gasteiger partial charge is 0.474 e. The summed E-state index contributed by atoms with van der Waals surface area (Å²) in [5, 5.41) is 16.1. The standard InChI is InChI=1S/C30H35N7O2/c1-5-25(38)37-18-30(19-37)10-12-36(17-30)28-23(13-31)24(15-32-29(28)39-16-22-7-6-11-34(22)3)26-20(2)8-9-21-14-33-35(4)27(21)26/h5,8-9,14-15,22H,1,6-7,10-12,16-19H2,2-4H3/t22-/m0/s1. The molecule has 0 unspecified atom stereocenters. The maximum atomic E-state index is 12.1. The lowest BCUT2D eigenvalue weighted by Crippen LogP contribution is -2.59. The number of aromatic nitrogens is 3. The molecule has 1 aromatic carbocycles. The Labute approximate surface area is 229 Å². The number of pyridine rings is 1. The summed E-state index contributed by atoms with van der Waals surface area (Å²) in [7, 11) is 4.06. The molecule has 3 saturated heterocycles. The molecule has 3 aliphatic rings. The van der Waals surface area contributed by atoms with Crippen LogP contribution in [0.4, 0.5) is 5.69 Å². The van der Waals surface area contributed by atoms with Crippen LogP contribution in [0.5, 0.6) is 5.88 Å². The summed E-state index contributed by atoms with van der Waals surface area (Å²) in [6, 6.07) is 7.02. The Bertz CT molecular complexity index is 1500. The number of amides is 1. The highest BCUT2D eigenvalue weighted by Gasteiger charge is 2.49. The maximum absolute atomic E-state index is 12.1. The van der Waals surface area contributed by atoms with Gasteiger partial charge in [-0.3, -0.25) is 9.48 Å². The molecule has 5 heterocycles. The summed E-state index contributed by atoms with van der Waals surface area (Å²) in [5.74, 6) is 0.491. The van der Waals surface area contributed by atoms with E-state index in [4.69, 9.17) is 9.72 Å². The van der Waals surface area contributed by atoms with Gasteiger partial charge in [0.15, 0.2) is 0 Å². The van der Waals surface area contributed by atoms with Crippen LogP contribution < -0.4 is 9.64 Å².